The summed E-state index contributed by atoms with van der Waals surface area (Å²) in [6, 6.07) is 0.320. The molecule has 3 atom stereocenters. The summed E-state index contributed by atoms with van der Waals surface area (Å²) < 4.78 is 5.76. The first-order valence-electron chi connectivity index (χ1n) is 7.50. The molecule has 5 heteroatoms. The van der Waals surface area contributed by atoms with Crippen molar-refractivity contribution in [1.29, 1.82) is 0 Å². The Morgan fingerprint density at radius 1 is 1.37 bits per heavy atom. The number of amides is 1. The summed E-state index contributed by atoms with van der Waals surface area (Å²) in [6.07, 6.45) is 3.60. The molecule has 2 fully saturated rings. The summed E-state index contributed by atoms with van der Waals surface area (Å²) in [5.41, 5.74) is 5.61. The third kappa shape index (κ3) is 3.46. The van der Waals surface area contributed by atoms with Crippen molar-refractivity contribution in [3.8, 4) is 0 Å². The topological polar surface area (TPSA) is 58.8 Å². The molecule has 0 saturated carbocycles. The van der Waals surface area contributed by atoms with E-state index in [4.69, 9.17) is 10.5 Å². The zero-order valence-corrected chi connectivity index (χ0v) is 12.2. The van der Waals surface area contributed by atoms with E-state index in [1.807, 2.05) is 4.90 Å². The first-order chi connectivity index (χ1) is 9.15. The van der Waals surface area contributed by atoms with Gasteiger partial charge >= 0.3 is 0 Å². The number of rotatable bonds is 3. The predicted octanol–water partition coefficient (Wildman–Crippen LogP) is 0.435. The molecule has 0 aromatic carbocycles. The molecule has 2 heterocycles. The molecule has 2 saturated heterocycles. The molecule has 2 rings (SSSR count). The number of nitrogens with two attached hydrogens (primary N) is 1. The average Bonchev–Trinajstić information content (AvgIpc) is 2.81. The fraction of sp³-hybridized carbons (Fsp3) is 0.929. The summed E-state index contributed by atoms with van der Waals surface area (Å²) >= 11 is 0. The fourth-order valence-electron chi connectivity index (χ4n) is 3.13. The smallest absolute Gasteiger partial charge is 0.252 e. The second kappa shape index (κ2) is 6.68. The molecule has 2 aliphatic rings. The van der Waals surface area contributed by atoms with Gasteiger partial charge in [-0.15, -0.1) is 0 Å². The van der Waals surface area contributed by atoms with Crippen molar-refractivity contribution >= 4 is 5.91 Å². The van der Waals surface area contributed by atoms with Gasteiger partial charge in [0.15, 0.2) is 0 Å². The second-order valence-electron chi connectivity index (χ2n) is 5.77. The fourth-order valence-corrected chi connectivity index (χ4v) is 3.13. The maximum Gasteiger partial charge on any atom is 0.252 e. The number of carbonyl (C=O) groups is 1. The molecule has 0 spiro atoms. The highest BCUT2D eigenvalue weighted by Gasteiger charge is 2.35. The molecule has 0 aromatic rings. The number of hydrogen-bond acceptors (Lipinski definition) is 4. The number of carbonyl (C=O) groups excluding carboxylic acids is 1. The lowest BCUT2D eigenvalue weighted by molar-refractivity contribution is -0.145. The zero-order chi connectivity index (χ0) is 13.8. The van der Waals surface area contributed by atoms with Gasteiger partial charge in [0, 0.05) is 25.7 Å². The van der Waals surface area contributed by atoms with Gasteiger partial charge in [-0.05, 0) is 39.3 Å². The van der Waals surface area contributed by atoms with Crippen LogP contribution in [0.3, 0.4) is 0 Å². The Kier molecular flexibility index (Phi) is 5.19. The first-order valence-corrected chi connectivity index (χ1v) is 7.50. The van der Waals surface area contributed by atoms with E-state index in [1.165, 1.54) is 0 Å². The highest BCUT2D eigenvalue weighted by molar-refractivity contribution is 5.81. The average molecular weight is 269 g/mol. The van der Waals surface area contributed by atoms with Gasteiger partial charge in [-0.1, -0.05) is 6.92 Å². The summed E-state index contributed by atoms with van der Waals surface area (Å²) in [6.45, 7) is 5.56. The Morgan fingerprint density at radius 3 is 2.79 bits per heavy atom. The lowest BCUT2D eigenvalue weighted by Crippen LogP contribution is -2.48. The molecule has 5 nitrogen and oxygen atoms in total. The van der Waals surface area contributed by atoms with Gasteiger partial charge in [0.05, 0.1) is 6.10 Å². The summed E-state index contributed by atoms with van der Waals surface area (Å²) in [4.78, 5) is 17.0. The third-order valence-electron chi connectivity index (χ3n) is 4.30. The number of hydrogen-bond donors (Lipinski definition) is 1. The van der Waals surface area contributed by atoms with E-state index in [0.717, 1.165) is 45.3 Å². The van der Waals surface area contributed by atoms with Crippen molar-refractivity contribution in [3.05, 3.63) is 0 Å². The molecule has 2 N–H and O–H groups in total. The molecule has 0 aromatic heterocycles. The summed E-state index contributed by atoms with van der Waals surface area (Å²) in [7, 11) is 2.13. The van der Waals surface area contributed by atoms with Crippen molar-refractivity contribution in [2.45, 2.75) is 50.9 Å². The van der Waals surface area contributed by atoms with Crippen LogP contribution in [0, 0.1) is 0 Å². The largest absolute Gasteiger partial charge is 0.364 e. The molecule has 2 aliphatic heterocycles. The van der Waals surface area contributed by atoms with Crippen LogP contribution in [0.4, 0.5) is 0 Å². The molecule has 3 unspecified atom stereocenters. The lowest BCUT2D eigenvalue weighted by Gasteiger charge is -2.32. The Morgan fingerprint density at radius 2 is 2.16 bits per heavy atom. The maximum atomic E-state index is 12.6. The van der Waals surface area contributed by atoms with E-state index in [0.29, 0.717) is 12.6 Å². The molecular formula is C14H27N3O2. The minimum Gasteiger partial charge on any atom is -0.364 e. The van der Waals surface area contributed by atoms with Crippen LogP contribution >= 0.6 is 0 Å². The molecule has 19 heavy (non-hydrogen) atoms. The Labute approximate surface area is 116 Å². The molecule has 1 amide bonds. The van der Waals surface area contributed by atoms with Crippen LogP contribution in [-0.2, 0) is 9.53 Å². The standard InChI is InChI=1S/C14H27N3O2/c1-3-11-10-16(2)7-4-8-17(11)14(18)13-6-5-12(9-15)19-13/h11-13H,3-10,15H2,1-2H3. The van der Waals surface area contributed by atoms with Gasteiger partial charge in [-0.2, -0.15) is 0 Å². The predicted molar refractivity (Wildman–Crippen MR) is 74.9 cm³/mol. The van der Waals surface area contributed by atoms with Crippen LogP contribution in [0.5, 0.6) is 0 Å². The van der Waals surface area contributed by atoms with Crippen LogP contribution in [0.15, 0.2) is 0 Å². The Bertz CT molecular complexity index is 311. The van der Waals surface area contributed by atoms with Crippen molar-refractivity contribution in [3.63, 3.8) is 0 Å². The van der Waals surface area contributed by atoms with Crippen molar-refractivity contribution in [2.24, 2.45) is 5.73 Å². The quantitative estimate of drug-likeness (QED) is 0.807. The van der Waals surface area contributed by atoms with E-state index < -0.39 is 0 Å². The molecule has 0 radical (unpaired) electrons. The summed E-state index contributed by atoms with van der Waals surface area (Å²) in [5.74, 6) is 0.179. The Balaban J connectivity index is 2.00. The zero-order valence-electron chi connectivity index (χ0n) is 12.2. The highest BCUT2D eigenvalue weighted by Crippen LogP contribution is 2.23. The van der Waals surface area contributed by atoms with Crippen molar-refractivity contribution in [1.82, 2.24) is 9.80 Å². The van der Waals surface area contributed by atoms with Crippen LogP contribution < -0.4 is 5.73 Å². The van der Waals surface area contributed by atoms with Crippen LogP contribution in [0.2, 0.25) is 0 Å². The number of nitrogens with zero attached hydrogens (tertiary/aromatic N) is 2. The number of ether oxygens (including phenoxy) is 1. The normalized spacial score (nSPS) is 33.4. The van der Waals surface area contributed by atoms with Gasteiger partial charge in [0.1, 0.15) is 6.10 Å². The first kappa shape index (κ1) is 14.8. The second-order valence-corrected chi connectivity index (χ2v) is 5.77. The monoisotopic (exact) mass is 269 g/mol. The van der Waals surface area contributed by atoms with E-state index in [9.17, 15) is 4.79 Å². The molecule has 0 bridgehead atoms. The maximum absolute atomic E-state index is 12.6. The van der Waals surface area contributed by atoms with Crippen molar-refractivity contribution in [2.75, 3.05) is 33.2 Å². The third-order valence-corrected chi connectivity index (χ3v) is 4.30. The molecule has 0 aliphatic carbocycles. The molecular weight excluding hydrogens is 242 g/mol. The molecule has 110 valence electrons. The highest BCUT2D eigenvalue weighted by atomic mass is 16.5. The van der Waals surface area contributed by atoms with Crippen molar-refractivity contribution < 1.29 is 9.53 Å². The van der Waals surface area contributed by atoms with Crippen LogP contribution in [-0.4, -0.2) is 67.2 Å². The van der Waals surface area contributed by atoms with E-state index in [2.05, 4.69) is 18.9 Å². The van der Waals surface area contributed by atoms with E-state index in [1.54, 1.807) is 0 Å². The van der Waals surface area contributed by atoms with Gasteiger partial charge in [-0.3, -0.25) is 4.79 Å². The summed E-state index contributed by atoms with van der Waals surface area (Å²) in [5, 5.41) is 0. The van der Waals surface area contributed by atoms with Crippen LogP contribution in [0.25, 0.3) is 0 Å². The van der Waals surface area contributed by atoms with Gasteiger partial charge < -0.3 is 20.3 Å². The van der Waals surface area contributed by atoms with E-state index in [-0.39, 0.29) is 18.1 Å². The lowest BCUT2D eigenvalue weighted by atomic mass is 10.1. The van der Waals surface area contributed by atoms with Crippen LogP contribution in [0.1, 0.15) is 32.6 Å². The van der Waals surface area contributed by atoms with Gasteiger partial charge in [0.2, 0.25) is 0 Å². The van der Waals surface area contributed by atoms with E-state index >= 15 is 0 Å². The SMILES string of the molecule is CCC1CN(C)CCCN1C(=O)C1CCC(CN)O1. The minimum absolute atomic E-state index is 0.0729. The Hall–Kier alpha value is -0.650. The van der Waals surface area contributed by atoms with Gasteiger partial charge in [0.25, 0.3) is 5.91 Å². The number of likely N-dealkylation sites (N-methyl/N-ethyl adjacent to an activating group) is 1. The minimum atomic E-state index is -0.258. The van der Waals surface area contributed by atoms with Gasteiger partial charge in [-0.25, -0.2) is 0 Å².